The highest BCUT2D eigenvalue weighted by Gasteiger charge is 2.40. The molecule has 1 fully saturated rings. The molecule has 1 aromatic heterocycles. The Kier molecular flexibility index (Phi) is 4.77. The molecule has 0 radical (unpaired) electrons. The molecule has 1 atom stereocenters. The number of hydrogen-bond acceptors (Lipinski definition) is 3. The minimum atomic E-state index is 0.144. The summed E-state index contributed by atoms with van der Waals surface area (Å²) in [6.07, 6.45) is 5.30. The molecule has 0 saturated carbocycles. The third kappa shape index (κ3) is 3.65. The Hall–Kier alpha value is -2.20. The highest BCUT2D eigenvalue weighted by molar-refractivity contribution is 5.73. The van der Waals surface area contributed by atoms with Crippen LogP contribution in [0.1, 0.15) is 36.6 Å². The molecule has 2 aliphatic rings. The molecule has 1 unspecified atom stereocenters. The molecular formula is C22H27N3O. The van der Waals surface area contributed by atoms with Crippen molar-refractivity contribution in [2.24, 2.45) is 5.41 Å². The van der Waals surface area contributed by atoms with Crippen LogP contribution in [0.3, 0.4) is 0 Å². The topological polar surface area (TPSA) is 36.4 Å². The van der Waals surface area contributed by atoms with Crippen molar-refractivity contribution in [3.05, 3.63) is 65.5 Å². The van der Waals surface area contributed by atoms with Gasteiger partial charge in [0, 0.05) is 44.7 Å². The summed E-state index contributed by atoms with van der Waals surface area (Å²) in [5.74, 6) is 0.183. The Bertz CT molecular complexity index is 776. The van der Waals surface area contributed by atoms with Crippen molar-refractivity contribution in [1.82, 2.24) is 14.8 Å². The second kappa shape index (κ2) is 7.20. The maximum atomic E-state index is 12.3. The largest absolute Gasteiger partial charge is 0.338 e. The number of likely N-dealkylation sites (tertiary alicyclic amines) is 1. The van der Waals surface area contributed by atoms with Crippen molar-refractivity contribution in [2.75, 3.05) is 19.6 Å². The van der Waals surface area contributed by atoms with Gasteiger partial charge in [-0.05, 0) is 49.1 Å². The van der Waals surface area contributed by atoms with E-state index < -0.39 is 0 Å². The standard InChI is InChI=1S/C22H27N3O/c1-18(26)25-14-20-8-3-2-7-19(20)13-22(17-25)10-6-12-24(16-22)15-21-9-4-5-11-23-21/h2-5,7-9,11H,6,10,12-17H2,1H3. The normalized spacial score (nSPS) is 23.5. The number of piperidine rings is 1. The Morgan fingerprint density at radius 2 is 1.92 bits per heavy atom. The van der Waals surface area contributed by atoms with Gasteiger partial charge in [0.1, 0.15) is 0 Å². The quantitative estimate of drug-likeness (QED) is 0.835. The van der Waals surface area contributed by atoms with E-state index in [4.69, 9.17) is 0 Å². The SMILES string of the molecule is CC(=O)N1Cc2ccccc2CC2(CCCN(Cc3ccccn3)C2)C1. The van der Waals surface area contributed by atoms with E-state index in [9.17, 15) is 4.79 Å². The van der Waals surface area contributed by atoms with Crippen LogP contribution >= 0.6 is 0 Å². The van der Waals surface area contributed by atoms with Crippen LogP contribution in [0, 0.1) is 5.41 Å². The van der Waals surface area contributed by atoms with E-state index >= 15 is 0 Å². The van der Waals surface area contributed by atoms with Crippen molar-refractivity contribution >= 4 is 5.91 Å². The zero-order chi connectivity index (χ0) is 18.0. The van der Waals surface area contributed by atoms with Gasteiger partial charge in [0.05, 0.1) is 5.69 Å². The first kappa shape index (κ1) is 17.2. The fraction of sp³-hybridized carbons (Fsp3) is 0.455. The number of pyridine rings is 1. The van der Waals surface area contributed by atoms with Crippen LogP contribution in [0.2, 0.25) is 0 Å². The summed E-state index contributed by atoms with van der Waals surface area (Å²) in [6.45, 7) is 6.34. The lowest BCUT2D eigenvalue weighted by Gasteiger charge is -2.44. The van der Waals surface area contributed by atoms with Crippen molar-refractivity contribution < 1.29 is 4.79 Å². The van der Waals surface area contributed by atoms with Crippen molar-refractivity contribution in [2.45, 2.75) is 39.3 Å². The van der Waals surface area contributed by atoms with Crippen molar-refractivity contribution in [1.29, 1.82) is 0 Å². The Morgan fingerprint density at radius 3 is 2.69 bits per heavy atom. The number of aromatic nitrogens is 1. The molecule has 3 heterocycles. The monoisotopic (exact) mass is 349 g/mol. The van der Waals surface area contributed by atoms with Crippen LogP contribution in [-0.4, -0.2) is 40.3 Å². The van der Waals surface area contributed by atoms with Gasteiger partial charge in [-0.1, -0.05) is 30.3 Å². The first-order valence-corrected chi connectivity index (χ1v) is 9.58. The number of hydrogen-bond donors (Lipinski definition) is 0. The predicted octanol–water partition coefficient (Wildman–Crippen LogP) is 3.27. The van der Waals surface area contributed by atoms with Gasteiger partial charge in [-0.25, -0.2) is 0 Å². The van der Waals surface area contributed by atoms with E-state index in [1.54, 1.807) is 6.92 Å². The number of fused-ring (bicyclic) bond motifs is 1. The highest BCUT2D eigenvalue weighted by atomic mass is 16.2. The lowest BCUT2D eigenvalue weighted by molar-refractivity contribution is -0.131. The van der Waals surface area contributed by atoms with E-state index in [1.165, 1.54) is 24.0 Å². The third-order valence-corrected chi connectivity index (χ3v) is 5.87. The molecular weight excluding hydrogens is 322 g/mol. The second-order valence-electron chi connectivity index (χ2n) is 7.96. The van der Waals surface area contributed by atoms with Gasteiger partial charge < -0.3 is 4.90 Å². The maximum Gasteiger partial charge on any atom is 0.219 e. The van der Waals surface area contributed by atoms with Crippen LogP contribution in [-0.2, 0) is 24.3 Å². The molecule has 1 spiro atoms. The molecule has 2 aromatic rings. The molecule has 0 aliphatic carbocycles. The van der Waals surface area contributed by atoms with Gasteiger partial charge in [-0.2, -0.15) is 0 Å². The van der Waals surface area contributed by atoms with E-state index in [1.807, 2.05) is 12.3 Å². The van der Waals surface area contributed by atoms with Gasteiger partial charge >= 0.3 is 0 Å². The number of carbonyl (C=O) groups is 1. The minimum Gasteiger partial charge on any atom is -0.338 e. The van der Waals surface area contributed by atoms with Crippen molar-refractivity contribution in [3.63, 3.8) is 0 Å². The van der Waals surface area contributed by atoms with Gasteiger partial charge in [-0.3, -0.25) is 14.7 Å². The molecule has 0 N–H and O–H groups in total. The number of amides is 1. The zero-order valence-corrected chi connectivity index (χ0v) is 15.5. The number of carbonyl (C=O) groups excluding carboxylic acids is 1. The summed E-state index contributed by atoms with van der Waals surface area (Å²) in [5, 5.41) is 0. The molecule has 1 amide bonds. The number of rotatable bonds is 2. The molecule has 136 valence electrons. The van der Waals surface area contributed by atoms with Crippen molar-refractivity contribution in [3.8, 4) is 0 Å². The maximum absolute atomic E-state index is 12.3. The molecule has 1 aromatic carbocycles. The molecule has 1 saturated heterocycles. The predicted molar refractivity (Wildman–Crippen MR) is 102 cm³/mol. The minimum absolute atomic E-state index is 0.144. The fourth-order valence-electron chi connectivity index (χ4n) is 4.67. The van der Waals surface area contributed by atoms with Gasteiger partial charge in [0.2, 0.25) is 5.91 Å². The first-order valence-electron chi connectivity index (χ1n) is 9.58. The summed E-state index contributed by atoms with van der Waals surface area (Å²) < 4.78 is 0. The summed E-state index contributed by atoms with van der Waals surface area (Å²) in [4.78, 5) is 21.3. The van der Waals surface area contributed by atoms with Gasteiger partial charge in [0.15, 0.2) is 0 Å². The smallest absolute Gasteiger partial charge is 0.219 e. The lowest BCUT2D eigenvalue weighted by atomic mass is 9.75. The summed E-state index contributed by atoms with van der Waals surface area (Å²) >= 11 is 0. The lowest BCUT2D eigenvalue weighted by Crippen LogP contribution is -2.50. The average Bonchev–Trinajstić information content (AvgIpc) is 2.79. The Balaban J connectivity index is 1.59. The number of nitrogens with zero attached hydrogens (tertiary/aromatic N) is 3. The fourth-order valence-corrected chi connectivity index (χ4v) is 4.67. The van der Waals surface area contributed by atoms with E-state index in [0.29, 0.717) is 0 Å². The van der Waals surface area contributed by atoms with Gasteiger partial charge in [-0.15, -0.1) is 0 Å². The van der Waals surface area contributed by atoms with E-state index in [-0.39, 0.29) is 11.3 Å². The van der Waals surface area contributed by atoms with Crippen LogP contribution in [0.15, 0.2) is 48.7 Å². The highest BCUT2D eigenvalue weighted by Crippen LogP contribution is 2.38. The Morgan fingerprint density at radius 1 is 1.12 bits per heavy atom. The summed E-state index contributed by atoms with van der Waals surface area (Å²) in [5.41, 5.74) is 3.99. The molecule has 4 rings (SSSR count). The van der Waals surface area contributed by atoms with Crippen LogP contribution < -0.4 is 0 Å². The summed E-state index contributed by atoms with van der Waals surface area (Å²) in [7, 11) is 0. The average molecular weight is 349 g/mol. The molecule has 2 aliphatic heterocycles. The Labute approximate surface area is 155 Å². The van der Waals surface area contributed by atoms with Crippen LogP contribution in [0.25, 0.3) is 0 Å². The molecule has 4 heteroatoms. The molecule has 0 bridgehead atoms. The van der Waals surface area contributed by atoms with Gasteiger partial charge in [0.25, 0.3) is 0 Å². The number of benzene rings is 1. The summed E-state index contributed by atoms with van der Waals surface area (Å²) in [6, 6.07) is 14.8. The van der Waals surface area contributed by atoms with E-state index in [0.717, 1.165) is 44.8 Å². The second-order valence-corrected chi connectivity index (χ2v) is 7.96. The third-order valence-electron chi connectivity index (χ3n) is 5.87. The zero-order valence-electron chi connectivity index (χ0n) is 15.5. The molecule has 26 heavy (non-hydrogen) atoms. The van der Waals surface area contributed by atoms with Crippen LogP contribution in [0.4, 0.5) is 0 Å². The van der Waals surface area contributed by atoms with Crippen LogP contribution in [0.5, 0.6) is 0 Å². The first-order chi connectivity index (χ1) is 12.6. The molecule has 4 nitrogen and oxygen atoms in total. The van der Waals surface area contributed by atoms with E-state index in [2.05, 4.69) is 51.2 Å².